The second kappa shape index (κ2) is 7.05. The van der Waals surface area contributed by atoms with Crippen LogP contribution in [0.5, 0.6) is 0 Å². The van der Waals surface area contributed by atoms with Gasteiger partial charge in [0.2, 0.25) is 0 Å². The Labute approximate surface area is 142 Å². The van der Waals surface area contributed by atoms with Crippen molar-refractivity contribution in [1.82, 2.24) is 15.3 Å². The van der Waals surface area contributed by atoms with Crippen LogP contribution in [0.2, 0.25) is 0 Å². The van der Waals surface area contributed by atoms with Crippen molar-refractivity contribution in [2.24, 2.45) is 5.92 Å². The molecule has 4 heteroatoms. The third kappa shape index (κ3) is 3.77. The molecule has 2 atom stereocenters. The Morgan fingerprint density at radius 1 is 0.917 bits per heavy atom. The summed E-state index contributed by atoms with van der Waals surface area (Å²) in [6, 6.07) is 17.2. The van der Waals surface area contributed by atoms with E-state index >= 15 is 0 Å². The Morgan fingerprint density at radius 2 is 1.62 bits per heavy atom. The second-order valence-electron chi connectivity index (χ2n) is 6.87. The highest BCUT2D eigenvalue weighted by atomic mass is 16.1. The maximum Gasteiger partial charge on any atom is 0.323 e. The predicted molar refractivity (Wildman–Crippen MR) is 99.1 cm³/mol. The van der Waals surface area contributed by atoms with E-state index in [1.54, 1.807) is 0 Å². The van der Waals surface area contributed by atoms with E-state index in [0.29, 0.717) is 12.0 Å². The van der Waals surface area contributed by atoms with Gasteiger partial charge in [-0.3, -0.25) is 0 Å². The van der Waals surface area contributed by atoms with Crippen LogP contribution in [0.15, 0.2) is 53.3 Å². The summed E-state index contributed by atoms with van der Waals surface area (Å²) in [4.78, 5) is 17.0. The first-order chi connectivity index (χ1) is 11.5. The van der Waals surface area contributed by atoms with Gasteiger partial charge in [-0.05, 0) is 42.5 Å². The average molecular weight is 323 g/mol. The van der Waals surface area contributed by atoms with E-state index in [2.05, 4.69) is 72.5 Å². The molecule has 0 spiro atoms. The molecule has 2 aromatic carbocycles. The number of nitrogens with one attached hydrogen (secondary N) is 3. The lowest BCUT2D eigenvalue weighted by Crippen LogP contribution is -2.26. The van der Waals surface area contributed by atoms with E-state index in [9.17, 15) is 4.79 Å². The molecular formula is C20H25N3O. The van der Waals surface area contributed by atoms with Gasteiger partial charge >= 0.3 is 5.69 Å². The maximum atomic E-state index is 11.4. The number of imidazole rings is 1. The van der Waals surface area contributed by atoms with Crippen molar-refractivity contribution in [2.45, 2.75) is 39.3 Å². The number of hydrogen-bond acceptors (Lipinski definition) is 2. The Morgan fingerprint density at radius 3 is 2.33 bits per heavy atom. The van der Waals surface area contributed by atoms with E-state index in [4.69, 9.17) is 0 Å². The molecule has 4 nitrogen and oxygen atoms in total. The van der Waals surface area contributed by atoms with Gasteiger partial charge < -0.3 is 15.3 Å². The van der Waals surface area contributed by atoms with Crippen LogP contribution in [0.4, 0.5) is 0 Å². The molecule has 2 unspecified atom stereocenters. The molecule has 1 heterocycles. The first kappa shape index (κ1) is 16.5. The number of benzene rings is 2. The lowest BCUT2D eigenvalue weighted by molar-refractivity contribution is 0.394. The fraction of sp³-hybridized carbons (Fsp3) is 0.350. The normalized spacial score (nSPS) is 14.2. The first-order valence-corrected chi connectivity index (χ1v) is 8.56. The smallest absolute Gasteiger partial charge is 0.306 e. The van der Waals surface area contributed by atoms with Gasteiger partial charge in [0.15, 0.2) is 0 Å². The predicted octanol–water partition coefficient (Wildman–Crippen LogP) is 4.29. The molecule has 0 radical (unpaired) electrons. The molecule has 0 aliphatic carbocycles. The summed E-state index contributed by atoms with van der Waals surface area (Å²) in [5, 5.41) is 3.75. The zero-order chi connectivity index (χ0) is 17.1. The molecule has 24 heavy (non-hydrogen) atoms. The van der Waals surface area contributed by atoms with Crippen LogP contribution in [0.1, 0.15) is 50.4 Å². The van der Waals surface area contributed by atoms with E-state index in [1.165, 1.54) is 11.1 Å². The average Bonchev–Trinajstić information content (AvgIpc) is 2.93. The molecule has 0 saturated heterocycles. The molecule has 3 N–H and O–H groups in total. The highest BCUT2D eigenvalue weighted by Gasteiger charge is 2.17. The van der Waals surface area contributed by atoms with Crippen molar-refractivity contribution in [3.63, 3.8) is 0 Å². The molecule has 0 amide bonds. The summed E-state index contributed by atoms with van der Waals surface area (Å²) >= 11 is 0. The van der Waals surface area contributed by atoms with Gasteiger partial charge in [0, 0.05) is 12.1 Å². The first-order valence-electron chi connectivity index (χ1n) is 8.56. The minimum atomic E-state index is -0.162. The minimum Gasteiger partial charge on any atom is -0.306 e. The second-order valence-corrected chi connectivity index (χ2v) is 6.87. The molecule has 0 aliphatic heterocycles. The zero-order valence-electron chi connectivity index (χ0n) is 14.5. The molecule has 0 saturated carbocycles. The van der Waals surface area contributed by atoms with Crippen LogP contribution in [0.25, 0.3) is 11.0 Å². The van der Waals surface area contributed by atoms with Crippen LogP contribution in [0, 0.1) is 5.92 Å². The third-order valence-electron chi connectivity index (χ3n) is 4.40. The van der Waals surface area contributed by atoms with Gasteiger partial charge in [0.05, 0.1) is 11.0 Å². The molecular weight excluding hydrogens is 298 g/mol. The third-order valence-corrected chi connectivity index (χ3v) is 4.40. The summed E-state index contributed by atoms with van der Waals surface area (Å²) in [6.07, 6.45) is 1.08. The molecule has 3 rings (SSSR count). The number of hydrogen-bond donors (Lipinski definition) is 3. The highest BCUT2D eigenvalue weighted by molar-refractivity contribution is 5.75. The number of H-pyrrole nitrogens is 2. The van der Waals surface area contributed by atoms with Crippen LogP contribution < -0.4 is 11.0 Å². The van der Waals surface area contributed by atoms with Crippen LogP contribution >= 0.6 is 0 Å². The largest absolute Gasteiger partial charge is 0.323 e. The standard InChI is InChI=1S/C20H25N3O/c1-13(2)11-18(15-7-5-4-6-8-15)21-14(3)16-9-10-17-19(12-16)23-20(24)22-17/h4-10,12-14,18,21H,11H2,1-3H3,(H2,22,23,24). The van der Waals surface area contributed by atoms with Crippen LogP contribution in [0.3, 0.4) is 0 Å². The number of aromatic nitrogens is 2. The summed E-state index contributed by atoms with van der Waals surface area (Å²) in [5.74, 6) is 0.610. The minimum absolute atomic E-state index is 0.162. The van der Waals surface area contributed by atoms with Crippen molar-refractivity contribution in [1.29, 1.82) is 0 Å². The summed E-state index contributed by atoms with van der Waals surface area (Å²) in [7, 11) is 0. The van der Waals surface area contributed by atoms with Crippen molar-refractivity contribution in [2.75, 3.05) is 0 Å². The lowest BCUT2D eigenvalue weighted by Gasteiger charge is -2.25. The number of aromatic amines is 2. The lowest BCUT2D eigenvalue weighted by atomic mass is 9.95. The van der Waals surface area contributed by atoms with Crippen molar-refractivity contribution in [3.8, 4) is 0 Å². The van der Waals surface area contributed by atoms with Gasteiger partial charge in [-0.1, -0.05) is 50.2 Å². The Hall–Kier alpha value is -2.33. The zero-order valence-corrected chi connectivity index (χ0v) is 14.5. The fourth-order valence-electron chi connectivity index (χ4n) is 3.17. The van der Waals surface area contributed by atoms with Crippen molar-refractivity contribution in [3.05, 3.63) is 70.1 Å². The van der Waals surface area contributed by atoms with E-state index < -0.39 is 0 Å². The van der Waals surface area contributed by atoms with E-state index in [0.717, 1.165) is 17.5 Å². The summed E-state index contributed by atoms with van der Waals surface area (Å²) in [6.45, 7) is 6.67. The number of rotatable bonds is 6. The quantitative estimate of drug-likeness (QED) is 0.633. The van der Waals surface area contributed by atoms with Gasteiger partial charge in [-0.15, -0.1) is 0 Å². The summed E-state index contributed by atoms with van der Waals surface area (Å²) < 4.78 is 0. The van der Waals surface area contributed by atoms with Crippen molar-refractivity contribution >= 4 is 11.0 Å². The molecule has 3 aromatic rings. The topological polar surface area (TPSA) is 60.7 Å². The monoisotopic (exact) mass is 323 g/mol. The van der Waals surface area contributed by atoms with E-state index in [1.807, 2.05) is 12.1 Å². The molecule has 1 aromatic heterocycles. The molecule has 0 aliphatic rings. The molecule has 0 fully saturated rings. The van der Waals surface area contributed by atoms with Gasteiger partial charge in [-0.2, -0.15) is 0 Å². The van der Waals surface area contributed by atoms with E-state index in [-0.39, 0.29) is 11.7 Å². The Bertz CT molecular complexity index is 848. The van der Waals surface area contributed by atoms with Gasteiger partial charge in [0.25, 0.3) is 0 Å². The maximum absolute atomic E-state index is 11.4. The summed E-state index contributed by atoms with van der Waals surface area (Å²) in [5.41, 5.74) is 4.02. The Balaban J connectivity index is 1.83. The van der Waals surface area contributed by atoms with Crippen LogP contribution in [-0.2, 0) is 0 Å². The van der Waals surface area contributed by atoms with Gasteiger partial charge in [-0.25, -0.2) is 4.79 Å². The fourth-order valence-corrected chi connectivity index (χ4v) is 3.17. The Kier molecular flexibility index (Phi) is 4.86. The highest BCUT2D eigenvalue weighted by Crippen LogP contribution is 2.26. The number of fused-ring (bicyclic) bond motifs is 1. The molecule has 0 bridgehead atoms. The van der Waals surface area contributed by atoms with Gasteiger partial charge in [0.1, 0.15) is 0 Å². The SMILES string of the molecule is CC(C)CC(NC(C)c1ccc2[nH]c(=O)[nH]c2c1)c1ccccc1. The van der Waals surface area contributed by atoms with Crippen molar-refractivity contribution < 1.29 is 0 Å². The molecule has 126 valence electrons. The van der Waals surface area contributed by atoms with Crippen LogP contribution in [-0.4, -0.2) is 9.97 Å².